The smallest absolute Gasteiger partial charge is 0.151 e. The van der Waals surface area contributed by atoms with Gasteiger partial charge in [0.1, 0.15) is 5.75 Å². The van der Waals surface area contributed by atoms with E-state index in [1.807, 2.05) is 18.2 Å². The van der Waals surface area contributed by atoms with Crippen molar-refractivity contribution in [1.82, 2.24) is 4.90 Å². The van der Waals surface area contributed by atoms with Gasteiger partial charge in [0.15, 0.2) is 9.84 Å². The second-order valence-corrected chi connectivity index (χ2v) is 8.08. The molecule has 0 radical (unpaired) electrons. The van der Waals surface area contributed by atoms with Gasteiger partial charge in [-0.05, 0) is 18.6 Å². The Morgan fingerprint density at radius 1 is 1.36 bits per heavy atom. The SMILES string of the molecule is COCCN(Cc1c(Cl)cccc1OC)[C@H]1CCS(=O)(=O)C1. The van der Waals surface area contributed by atoms with Crippen molar-refractivity contribution in [3.05, 3.63) is 28.8 Å². The highest BCUT2D eigenvalue weighted by atomic mass is 35.5. The van der Waals surface area contributed by atoms with E-state index in [2.05, 4.69) is 4.90 Å². The number of hydrogen-bond donors (Lipinski definition) is 0. The van der Waals surface area contributed by atoms with Gasteiger partial charge in [0.25, 0.3) is 0 Å². The summed E-state index contributed by atoms with van der Waals surface area (Å²) >= 11 is 6.29. The zero-order valence-electron chi connectivity index (χ0n) is 12.9. The van der Waals surface area contributed by atoms with Crippen LogP contribution in [-0.2, 0) is 21.1 Å². The van der Waals surface area contributed by atoms with Crippen LogP contribution in [0.15, 0.2) is 18.2 Å². The largest absolute Gasteiger partial charge is 0.496 e. The quantitative estimate of drug-likeness (QED) is 0.755. The lowest BCUT2D eigenvalue weighted by molar-refractivity contribution is 0.120. The van der Waals surface area contributed by atoms with Crippen LogP contribution in [0.25, 0.3) is 0 Å². The fraction of sp³-hybridized carbons (Fsp3) is 0.600. The van der Waals surface area contributed by atoms with Crippen LogP contribution in [-0.4, -0.2) is 58.2 Å². The van der Waals surface area contributed by atoms with Crippen LogP contribution in [0.2, 0.25) is 5.02 Å². The predicted molar refractivity (Wildman–Crippen MR) is 87.3 cm³/mol. The molecular formula is C15H22ClNO4S. The van der Waals surface area contributed by atoms with E-state index < -0.39 is 9.84 Å². The van der Waals surface area contributed by atoms with E-state index in [0.29, 0.717) is 31.1 Å². The van der Waals surface area contributed by atoms with E-state index in [4.69, 9.17) is 21.1 Å². The lowest BCUT2D eigenvalue weighted by Gasteiger charge is -2.28. The van der Waals surface area contributed by atoms with Gasteiger partial charge in [-0.25, -0.2) is 8.42 Å². The Hall–Kier alpha value is -0.820. The zero-order chi connectivity index (χ0) is 16.2. The third-order valence-corrected chi connectivity index (χ3v) is 6.07. The minimum Gasteiger partial charge on any atom is -0.496 e. The predicted octanol–water partition coefficient (Wildman–Crippen LogP) is 1.98. The molecule has 1 aromatic rings. The van der Waals surface area contributed by atoms with E-state index in [1.54, 1.807) is 14.2 Å². The van der Waals surface area contributed by atoms with Crippen molar-refractivity contribution in [2.75, 3.05) is 38.9 Å². The van der Waals surface area contributed by atoms with Crippen molar-refractivity contribution < 1.29 is 17.9 Å². The molecule has 1 aromatic carbocycles. The van der Waals surface area contributed by atoms with Crippen LogP contribution in [0.4, 0.5) is 0 Å². The molecule has 1 aliphatic rings. The molecule has 0 aliphatic carbocycles. The highest BCUT2D eigenvalue weighted by Crippen LogP contribution is 2.29. The minimum absolute atomic E-state index is 0.00105. The summed E-state index contributed by atoms with van der Waals surface area (Å²) in [7, 11) is 0.314. The minimum atomic E-state index is -2.93. The summed E-state index contributed by atoms with van der Waals surface area (Å²) in [6.07, 6.45) is 0.652. The standard InChI is InChI=1S/C15H22ClNO4S/c1-20-8-7-17(12-6-9-22(18,19)11-12)10-13-14(16)4-3-5-15(13)21-2/h3-5,12H,6-11H2,1-2H3/t12-/m0/s1. The molecule has 0 aromatic heterocycles. The highest BCUT2D eigenvalue weighted by Gasteiger charge is 2.32. The number of rotatable bonds is 7. The van der Waals surface area contributed by atoms with Crippen LogP contribution in [0.1, 0.15) is 12.0 Å². The number of benzene rings is 1. The lowest BCUT2D eigenvalue weighted by atomic mass is 10.1. The van der Waals surface area contributed by atoms with Crippen LogP contribution in [0, 0.1) is 0 Å². The Morgan fingerprint density at radius 2 is 2.14 bits per heavy atom. The normalized spacial score (nSPS) is 20.5. The number of methoxy groups -OCH3 is 2. The van der Waals surface area contributed by atoms with Gasteiger partial charge in [0.05, 0.1) is 25.2 Å². The van der Waals surface area contributed by atoms with Crippen molar-refractivity contribution in [1.29, 1.82) is 0 Å². The third-order valence-electron chi connectivity index (χ3n) is 3.96. The van der Waals surface area contributed by atoms with Gasteiger partial charge >= 0.3 is 0 Å². The second-order valence-electron chi connectivity index (χ2n) is 5.44. The molecular weight excluding hydrogens is 326 g/mol. The summed E-state index contributed by atoms with van der Waals surface area (Å²) in [5.74, 6) is 1.17. The van der Waals surface area contributed by atoms with Gasteiger partial charge in [-0.3, -0.25) is 4.90 Å². The molecule has 0 bridgehead atoms. The number of ether oxygens (including phenoxy) is 2. The first-order chi connectivity index (χ1) is 10.5. The maximum Gasteiger partial charge on any atom is 0.151 e. The summed E-state index contributed by atoms with van der Waals surface area (Å²) < 4.78 is 34.0. The molecule has 0 amide bonds. The summed E-state index contributed by atoms with van der Waals surface area (Å²) in [6.45, 7) is 1.75. The van der Waals surface area contributed by atoms with Crippen LogP contribution >= 0.6 is 11.6 Å². The van der Waals surface area contributed by atoms with Crippen molar-refractivity contribution >= 4 is 21.4 Å². The van der Waals surface area contributed by atoms with Crippen molar-refractivity contribution in [2.45, 2.75) is 19.0 Å². The molecule has 1 aliphatic heterocycles. The summed E-state index contributed by atoms with van der Waals surface area (Å²) in [6, 6.07) is 5.52. The van der Waals surface area contributed by atoms with Crippen LogP contribution < -0.4 is 4.74 Å². The Morgan fingerprint density at radius 3 is 2.73 bits per heavy atom. The summed E-state index contributed by atoms with van der Waals surface area (Å²) in [4.78, 5) is 2.12. The van der Waals surface area contributed by atoms with E-state index in [-0.39, 0.29) is 17.5 Å². The van der Waals surface area contributed by atoms with Gasteiger partial charge in [-0.2, -0.15) is 0 Å². The first-order valence-electron chi connectivity index (χ1n) is 7.21. The van der Waals surface area contributed by atoms with Crippen LogP contribution in [0.3, 0.4) is 0 Å². The van der Waals surface area contributed by atoms with E-state index >= 15 is 0 Å². The Labute approximate surface area is 137 Å². The molecule has 0 saturated carbocycles. The zero-order valence-corrected chi connectivity index (χ0v) is 14.5. The number of nitrogens with zero attached hydrogens (tertiary/aromatic N) is 1. The summed E-state index contributed by atoms with van der Waals surface area (Å²) in [5.41, 5.74) is 0.882. The first-order valence-corrected chi connectivity index (χ1v) is 9.41. The van der Waals surface area contributed by atoms with Gasteiger partial charge < -0.3 is 9.47 Å². The molecule has 1 fully saturated rings. The molecule has 2 rings (SSSR count). The number of hydrogen-bond acceptors (Lipinski definition) is 5. The highest BCUT2D eigenvalue weighted by molar-refractivity contribution is 7.91. The van der Waals surface area contributed by atoms with Crippen molar-refractivity contribution in [2.24, 2.45) is 0 Å². The maximum absolute atomic E-state index is 11.8. The molecule has 5 nitrogen and oxygen atoms in total. The van der Waals surface area contributed by atoms with Gasteiger partial charge in [-0.1, -0.05) is 17.7 Å². The Bertz CT molecular complexity index is 606. The fourth-order valence-electron chi connectivity index (χ4n) is 2.75. The van der Waals surface area contributed by atoms with Gasteiger partial charge in [-0.15, -0.1) is 0 Å². The molecule has 124 valence electrons. The average molecular weight is 348 g/mol. The second kappa shape index (κ2) is 7.64. The molecule has 0 unspecified atom stereocenters. The Kier molecular flexibility index (Phi) is 6.09. The first kappa shape index (κ1) is 17.5. The maximum atomic E-state index is 11.8. The third kappa shape index (κ3) is 4.35. The van der Waals surface area contributed by atoms with Crippen LogP contribution in [0.5, 0.6) is 5.75 Å². The molecule has 1 saturated heterocycles. The molecule has 1 atom stereocenters. The molecule has 22 heavy (non-hydrogen) atoms. The van der Waals surface area contributed by atoms with Gasteiger partial charge in [0.2, 0.25) is 0 Å². The van der Waals surface area contributed by atoms with Gasteiger partial charge in [0, 0.05) is 36.8 Å². The fourth-order valence-corrected chi connectivity index (χ4v) is 4.74. The monoisotopic (exact) mass is 347 g/mol. The summed E-state index contributed by atoms with van der Waals surface area (Å²) in [5, 5.41) is 0.627. The van der Waals surface area contributed by atoms with Crippen molar-refractivity contribution in [3.63, 3.8) is 0 Å². The molecule has 7 heteroatoms. The van der Waals surface area contributed by atoms with E-state index in [0.717, 1.165) is 11.3 Å². The molecule has 1 heterocycles. The molecule has 0 N–H and O–H groups in total. The average Bonchev–Trinajstić information content (AvgIpc) is 2.84. The lowest BCUT2D eigenvalue weighted by Crippen LogP contribution is -2.38. The number of sulfone groups is 1. The molecule has 0 spiro atoms. The number of halogens is 1. The van der Waals surface area contributed by atoms with Crippen molar-refractivity contribution in [3.8, 4) is 5.75 Å². The topological polar surface area (TPSA) is 55.8 Å². The Balaban J connectivity index is 2.20. The van der Waals surface area contributed by atoms with E-state index in [9.17, 15) is 8.42 Å². The van der Waals surface area contributed by atoms with E-state index in [1.165, 1.54) is 0 Å².